The zero-order chi connectivity index (χ0) is 14.4. The lowest BCUT2D eigenvalue weighted by atomic mass is 9.71. The van der Waals surface area contributed by atoms with Crippen LogP contribution in [0.3, 0.4) is 0 Å². The Bertz CT molecular complexity index is 513. The number of rotatable bonds is 4. The van der Waals surface area contributed by atoms with E-state index in [0.717, 1.165) is 25.7 Å². The molecule has 106 valence electrons. The fraction of sp³-hybridized carbons (Fsp3) is 0.500. The molecule has 20 heavy (non-hydrogen) atoms. The quantitative estimate of drug-likeness (QED) is 0.883. The lowest BCUT2D eigenvalue weighted by Crippen LogP contribution is -2.36. The molecule has 0 bridgehead atoms. The molecule has 0 aliphatic heterocycles. The van der Waals surface area contributed by atoms with Gasteiger partial charge in [-0.1, -0.05) is 25.3 Å². The van der Waals surface area contributed by atoms with E-state index in [4.69, 9.17) is 11.0 Å². The molecule has 0 atom stereocenters. The van der Waals surface area contributed by atoms with Crippen LogP contribution in [0.5, 0.6) is 0 Å². The van der Waals surface area contributed by atoms with Crippen LogP contribution in [0.25, 0.3) is 0 Å². The van der Waals surface area contributed by atoms with Crippen molar-refractivity contribution in [2.45, 2.75) is 38.5 Å². The third kappa shape index (κ3) is 3.58. The predicted molar refractivity (Wildman–Crippen MR) is 79.0 cm³/mol. The van der Waals surface area contributed by atoms with Crippen LogP contribution < -0.4 is 11.1 Å². The summed E-state index contributed by atoms with van der Waals surface area (Å²) in [5.41, 5.74) is 7.10. The van der Waals surface area contributed by atoms with Crippen molar-refractivity contribution in [3.8, 4) is 6.07 Å². The summed E-state index contributed by atoms with van der Waals surface area (Å²) >= 11 is 0. The molecule has 0 heterocycles. The topological polar surface area (TPSA) is 78.9 Å². The maximum atomic E-state index is 12.2. The largest absolute Gasteiger partial charge is 0.330 e. The van der Waals surface area contributed by atoms with Crippen molar-refractivity contribution in [3.05, 3.63) is 29.8 Å². The summed E-state index contributed by atoms with van der Waals surface area (Å²) in [6.45, 7) is 0.568. The molecule has 0 radical (unpaired) electrons. The highest BCUT2D eigenvalue weighted by Crippen LogP contribution is 2.38. The first kappa shape index (κ1) is 14.5. The minimum absolute atomic E-state index is 0.00700. The number of nitrogens with zero attached hydrogens (tertiary/aromatic N) is 1. The van der Waals surface area contributed by atoms with E-state index < -0.39 is 0 Å². The molecule has 1 amide bonds. The van der Waals surface area contributed by atoms with Gasteiger partial charge in [0.25, 0.3) is 0 Å². The van der Waals surface area contributed by atoms with Crippen molar-refractivity contribution in [2.75, 3.05) is 11.9 Å². The lowest BCUT2D eigenvalue weighted by molar-refractivity contribution is -0.118. The average Bonchev–Trinajstić information content (AvgIpc) is 2.48. The van der Waals surface area contributed by atoms with Crippen molar-refractivity contribution in [3.63, 3.8) is 0 Å². The van der Waals surface area contributed by atoms with Gasteiger partial charge in [0.05, 0.1) is 11.6 Å². The Hall–Kier alpha value is -1.86. The van der Waals surface area contributed by atoms with Gasteiger partial charge in [-0.15, -0.1) is 0 Å². The highest BCUT2D eigenvalue weighted by atomic mass is 16.1. The first-order valence-corrected chi connectivity index (χ1v) is 7.18. The molecule has 4 nitrogen and oxygen atoms in total. The predicted octanol–water partition coefficient (Wildman–Crippen LogP) is 2.80. The van der Waals surface area contributed by atoms with Gasteiger partial charge in [0.2, 0.25) is 5.91 Å². The number of carbonyl (C=O) groups excluding carboxylic acids is 1. The highest BCUT2D eigenvalue weighted by Gasteiger charge is 2.32. The molecule has 4 heteroatoms. The van der Waals surface area contributed by atoms with Gasteiger partial charge in [0.15, 0.2) is 0 Å². The van der Waals surface area contributed by atoms with Gasteiger partial charge in [-0.25, -0.2) is 0 Å². The van der Waals surface area contributed by atoms with Crippen LogP contribution in [0, 0.1) is 16.7 Å². The van der Waals surface area contributed by atoms with Crippen molar-refractivity contribution >= 4 is 11.6 Å². The van der Waals surface area contributed by atoms with E-state index in [1.54, 1.807) is 24.3 Å². The number of hydrogen-bond acceptors (Lipinski definition) is 3. The lowest BCUT2D eigenvalue weighted by Gasteiger charge is -2.35. The number of nitrogens with two attached hydrogens (primary N) is 1. The van der Waals surface area contributed by atoms with Crippen LogP contribution in [0.2, 0.25) is 0 Å². The van der Waals surface area contributed by atoms with E-state index in [0.29, 0.717) is 24.2 Å². The van der Waals surface area contributed by atoms with Crippen LogP contribution in [0.1, 0.15) is 44.1 Å². The maximum absolute atomic E-state index is 12.2. The summed E-state index contributed by atoms with van der Waals surface area (Å²) in [5.74, 6) is -0.00700. The Morgan fingerprint density at radius 3 is 2.75 bits per heavy atom. The number of amides is 1. The smallest absolute Gasteiger partial charge is 0.224 e. The Morgan fingerprint density at radius 2 is 2.10 bits per heavy atom. The van der Waals surface area contributed by atoms with Crippen molar-refractivity contribution < 1.29 is 4.79 Å². The van der Waals surface area contributed by atoms with Crippen LogP contribution in [0.15, 0.2) is 24.3 Å². The highest BCUT2D eigenvalue weighted by molar-refractivity contribution is 5.91. The van der Waals surface area contributed by atoms with E-state index >= 15 is 0 Å². The third-order valence-corrected chi connectivity index (χ3v) is 4.16. The maximum Gasteiger partial charge on any atom is 0.224 e. The van der Waals surface area contributed by atoms with E-state index in [-0.39, 0.29) is 11.3 Å². The summed E-state index contributed by atoms with van der Waals surface area (Å²) in [7, 11) is 0. The van der Waals surface area contributed by atoms with Crippen LogP contribution in [0.4, 0.5) is 5.69 Å². The molecule has 0 unspecified atom stereocenters. The van der Waals surface area contributed by atoms with E-state index in [9.17, 15) is 4.79 Å². The Morgan fingerprint density at radius 1 is 1.35 bits per heavy atom. The van der Waals surface area contributed by atoms with Crippen molar-refractivity contribution in [2.24, 2.45) is 11.1 Å². The minimum Gasteiger partial charge on any atom is -0.330 e. The molecule has 0 saturated heterocycles. The molecular formula is C16H21N3O. The summed E-state index contributed by atoms with van der Waals surface area (Å²) in [4.78, 5) is 12.2. The Labute approximate surface area is 120 Å². The normalized spacial score (nSPS) is 17.2. The monoisotopic (exact) mass is 271 g/mol. The number of carbonyl (C=O) groups is 1. The van der Waals surface area contributed by atoms with Gasteiger partial charge in [0, 0.05) is 12.1 Å². The van der Waals surface area contributed by atoms with Crippen LogP contribution in [-0.2, 0) is 4.79 Å². The standard InChI is InChI=1S/C16H21N3O/c17-11-13-5-4-6-14(9-13)19-15(20)10-16(12-18)7-2-1-3-8-16/h4-6,9H,1-3,7-8,10,12,18H2,(H,19,20). The van der Waals surface area contributed by atoms with Crippen molar-refractivity contribution in [1.29, 1.82) is 5.26 Å². The number of hydrogen-bond donors (Lipinski definition) is 2. The summed E-state index contributed by atoms with van der Waals surface area (Å²) in [6.07, 6.45) is 6.11. The molecule has 3 N–H and O–H groups in total. The molecule has 1 aliphatic rings. The molecule has 1 fully saturated rings. The Balaban J connectivity index is 1.99. The van der Waals surface area contributed by atoms with Gasteiger partial charge in [-0.05, 0) is 43.0 Å². The molecule has 0 aromatic heterocycles. The molecule has 0 spiro atoms. The number of benzene rings is 1. The minimum atomic E-state index is -0.0326. The fourth-order valence-electron chi connectivity index (χ4n) is 2.97. The van der Waals surface area contributed by atoms with E-state index in [2.05, 4.69) is 11.4 Å². The number of nitriles is 1. The van der Waals surface area contributed by atoms with Crippen molar-refractivity contribution in [1.82, 2.24) is 0 Å². The first-order valence-electron chi connectivity index (χ1n) is 7.18. The van der Waals surface area contributed by atoms with Crippen LogP contribution in [-0.4, -0.2) is 12.5 Å². The van der Waals surface area contributed by atoms with E-state index in [1.165, 1.54) is 6.42 Å². The van der Waals surface area contributed by atoms with Gasteiger partial charge in [-0.3, -0.25) is 4.79 Å². The van der Waals surface area contributed by atoms with Crippen LogP contribution >= 0.6 is 0 Å². The second kappa shape index (κ2) is 6.53. The second-order valence-corrected chi connectivity index (χ2v) is 5.68. The first-order chi connectivity index (χ1) is 9.67. The van der Waals surface area contributed by atoms with Gasteiger partial charge >= 0.3 is 0 Å². The average molecular weight is 271 g/mol. The summed E-state index contributed by atoms with van der Waals surface area (Å²) in [6, 6.07) is 9.05. The Kier molecular flexibility index (Phi) is 4.75. The van der Waals surface area contributed by atoms with Gasteiger partial charge in [-0.2, -0.15) is 5.26 Å². The molecule has 1 aromatic rings. The number of nitrogens with one attached hydrogen (secondary N) is 1. The third-order valence-electron chi connectivity index (χ3n) is 4.16. The SMILES string of the molecule is N#Cc1cccc(NC(=O)CC2(CN)CCCCC2)c1. The van der Waals surface area contributed by atoms with Gasteiger partial charge in [0.1, 0.15) is 0 Å². The van der Waals surface area contributed by atoms with Gasteiger partial charge < -0.3 is 11.1 Å². The second-order valence-electron chi connectivity index (χ2n) is 5.68. The molecular weight excluding hydrogens is 250 g/mol. The molecule has 1 aromatic carbocycles. The number of anilines is 1. The zero-order valence-electron chi connectivity index (χ0n) is 11.7. The summed E-state index contributed by atoms with van der Waals surface area (Å²) < 4.78 is 0. The molecule has 2 rings (SSSR count). The molecule has 1 aliphatic carbocycles. The zero-order valence-corrected chi connectivity index (χ0v) is 11.7. The van der Waals surface area contributed by atoms with E-state index in [1.807, 2.05) is 0 Å². The summed E-state index contributed by atoms with van der Waals surface area (Å²) in [5, 5.41) is 11.7. The molecule has 1 saturated carbocycles. The fourth-order valence-corrected chi connectivity index (χ4v) is 2.97.